The molecule has 1 amide bonds. The van der Waals surface area contributed by atoms with Gasteiger partial charge >= 0.3 is 5.97 Å². The number of benzene rings is 3. The minimum absolute atomic E-state index is 0.102. The Bertz CT molecular complexity index is 1530. The van der Waals surface area contributed by atoms with Gasteiger partial charge in [0.2, 0.25) is 11.7 Å². The minimum Gasteiger partial charge on any atom is -0.593 e. The Morgan fingerprint density at radius 1 is 1.00 bits per heavy atom. The number of hydrogen-bond donors (Lipinski definition) is 0. The quantitative estimate of drug-likeness (QED) is 0.182. The van der Waals surface area contributed by atoms with Gasteiger partial charge in [0.05, 0.1) is 24.5 Å². The molecule has 0 saturated carbocycles. The minimum atomic E-state index is -1.49. The monoisotopic (exact) mass is 587 g/mol. The number of piperazine rings is 1. The summed E-state index contributed by atoms with van der Waals surface area (Å²) in [7, 11) is 0. The van der Waals surface area contributed by atoms with Crippen molar-refractivity contribution in [3.05, 3.63) is 95.2 Å². The summed E-state index contributed by atoms with van der Waals surface area (Å²) in [6.07, 6.45) is 0.742. The lowest BCUT2D eigenvalue weighted by atomic mass is 10.1. The second kappa shape index (κ2) is 13.5. The Morgan fingerprint density at radius 2 is 1.71 bits per heavy atom. The molecule has 1 atom stereocenters. The average Bonchev–Trinajstić information content (AvgIpc) is 3.35. The number of carbonyl (C=O) groups excluding carboxylic acids is 2. The molecule has 3 aromatic carbocycles. The number of amides is 1. The number of carbonyl (C=O) groups is 2. The molecule has 0 radical (unpaired) electrons. The van der Waals surface area contributed by atoms with Gasteiger partial charge < -0.3 is 23.5 Å². The van der Waals surface area contributed by atoms with Crippen molar-refractivity contribution in [1.82, 2.24) is 9.21 Å². The number of anilines is 1. The van der Waals surface area contributed by atoms with E-state index in [4.69, 9.17) is 9.15 Å². The van der Waals surface area contributed by atoms with Gasteiger partial charge in [-0.3, -0.25) is 4.79 Å². The van der Waals surface area contributed by atoms with E-state index in [2.05, 4.69) is 29.2 Å². The number of esters is 1. The van der Waals surface area contributed by atoms with Crippen LogP contribution in [0.4, 0.5) is 5.69 Å². The summed E-state index contributed by atoms with van der Waals surface area (Å²) in [5.74, 6) is -0.224. The summed E-state index contributed by atoms with van der Waals surface area (Å²) >= 11 is -1.49. The summed E-state index contributed by atoms with van der Waals surface area (Å²) < 4.78 is 27.2. The Hall–Kier alpha value is -3.79. The molecular formula is C33H37N3O5S. The predicted octanol–water partition coefficient (Wildman–Crippen LogP) is 5.35. The maximum Gasteiger partial charge on any atom is 0.374 e. The molecular weight excluding hydrogens is 550 g/mol. The maximum atomic E-state index is 14.2. The number of aryl methyl sites for hydroxylation is 1. The Balaban J connectivity index is 1.43. The zero-order chi connectivity index (χ0) is 29.6. The van der Waals surface area contributed by atoms with Crippen molar-refractivity contribution in [3.63, 3.8) is 0 Å². The first-order chi connectivity index (χ1) is 20.4. The van der Waals surface area contributed by atoms with Crippen LogP contribution in [0.2, 0.25) is 0 Å². The van der Waals surface area contributed by atoms with Crippen molar-refractivity contribution in [2.24, 2.45) is 0 Å². The number of ether oxygens (including phenoxy) is 1. The molecule has 1 saturated heterocycles. The van der Waals surface area contributed by atoms with Crippen molar-refractivity contribution in [2.45, 2.75) is 38.6 Å². The Kier molecular flexibility index (Phi) is 9.51. The van der Waals surface area contributed by atoms with Gasteiger partial charge in [0.1, 0.15) is 5.58 Å². The first kappa shape index (κ1) is 29.7. The fraction of sp³-hybridized carbons (Fsp3) is 0.333. The first-order valence-corrected chi connectivity index (χ1v) is 15.5. The van der Waals surface area contributed by atoms with Gasteiger partial charge in [-0.1, -0.05) is 48.5 Å². The maximum absolute atomic E-state index is 14.2. The SMILES string of the molecule is CCOC(=O)c1oc2ccc([S+]([O-])N(CCc3ccccc3)Cc3ccccc3N3CCN(C(C)=O)CC3)cc2c1C. The lowest BCUT2D eigenvalue weighted by Gasteiger charge is -2.37. The number of nitrogens with zero attached hydrogens (tertiary/aromatic N) is 3. The molecule has 220 valence electrons. The number of fused-ring (bicyclic) bond motifs is 1. The summed E-state index contributed by atoms with van der Waals surface area (Å²) in [4.78, 5) is 29.1. The van der Waals surface area contributed by atoms with E-state index in [-0.39, 0.29) is 18.3 Å². The number of hydrogen-bond acceptors (Lipinski definition) is 7. The smallest absolute Gasteiger partial charge is 0.374 e. The third kappa shape index (κ3) is 6.64. The second-order valence-electron chi connectivity index (χ2n) is 10.4. The molecule has 1 aromatic heterocycles. The van der Waals surface area contributed by atoms with Gasteiger partial charge in [-0.15, -0.1) is 4.31 Å². The van der Waals surface area contributed by atoms with E-state index in [0.717, 1.165) is 36.1 Å². The standard InChI is InChI=1S/C33H37N3O5S/c1-4-40-33(38)32-24(2)29-22-28(14-15-31(29)41-32)42(39)36(17-16-26-10-6-5-7-11-26)23-27-12-8-9-13-30(27)35-20-18-34(19-21-35)25(3)37/h5-15,22H,4,16-21,23H2,1-3H3. The van der Waals surface area contributed by atoms with Crippen molar-refractivity contribution in [2.75, 3.05) is 44.2 Å². The van der Waals surface area contributed by atoms with Crippen molar-refractivity contribution in [3.8, 4) is 0 Å². The number of furan rings is 1. The highest BCUT2D eigenvalue weighted by molar-refractivity contribution is 7.89. The van der Waals surface area contributed by atoms with Gasteiger partial charge in [-0.2, -0.15) is 0 Å². The molecule has 8 nitrogen and oxygen atoms in total. The number of para-hydroxylation sites is 1. The van der Waals surface area contributed by atoms with Crippen LogP contribution in [-0.4, -0.2) is 65.0 Å². The largest absolute Gasteiger partial charge is 0.593 e. The van der Waals surface area contributed by atoms with E-state index in [1.54, 1.807) is 26.0 Å². The molecule has 1 aliphatic rings. The molecule has 0 N–H and O–H groups in total. The molecule has 0 aliphatic carbocycles. The fourth-order valence-corrected chi connectivity index (χ4v) is 6.59. The average molecular weight is 588 g/mol. The molecule has 9 heteroatoms. The van der Waals surface area contributed by atoms with E-state index in [1.807, 2.05) is 52.5 Å². The highest BCUT2D eigenvalue weighted by Crippen LogP contribution is 2.31. The van der Waals surface area contributed by atoms with Crippen LogP contribution in [0.1, 0.15) is 41.1 Å². The summed E-state index contributed by atoms with van der Waals surface area (Å²) in [6.45, 7) is 9.39. The Labute approximate surface area is 250 Å². The van der Waals surface area contributed by atoms with Crippen LogP contribution in [-0.2, 0) is 33.9 Å². The normalized spacial score (nSPS) is 14.4. The first-order valence-electron chi connectivity index (χ1n) is 14.3. The topological polar surface area (TPSA) is 89.3 Å². The van der Waals surface area contributed by atoms with Crippen LogP contribution in [0.5, 0.6) is 0 Å². The van der Waals surface area contributed by atoms with E-state index >= 15 is 0 Å². The second-order valence-corrected chi connectivity index (χ2v) is 11.9. The fourth-order valence-electron chi connectivity index (χ4n) is 5.37. The van der Waals surface area contributed by atoms with Gasteiger partial charge in [0.25, 0.3) is 0 Å². The van der Waals surface area contributed by atoms with Gasteiger partial charge in [-0.25, -0.2) is 4.79 Å². The summed E-state index contributed by atoms with van der Waals surface area (Å²) in [6, 6.07) is 23.9. The lowest BCUT2D eigenvalue weighted by molar-refractivity contribution is -0.129. The van der Waals surface area contributed by atoms with E-state index in [0.29, 0.717) is 42.2 Å². The summed E-state index contributed by atoms with van der Waals surface area (Å²) in [5.41, 5.74) is 4.59. The van der Waals surface area contributed by atoms with E-state index < -0.39 is 17.3 Å². The molecule has 2 heterocycles. The highest BCUT2D eigenvalue weighted by atomic mass is 32.2. The van der Waals surface area contributed by atoms with Crippen LogP contribution in [0.25, 0.3) is 11.0 Å². The van der Waals surface area contributed by atoms with Gasteiger partial charge in [0, 0.05) is 62.4 Å². The predicted molar refractivity (Wildman–Crippen MR) is 165 cm³/mol. The van der Waals surface area contributed by atoms with Crippen LogP contribution in [0.15, 0.2) is 82.1 Å². The molecule has 0 spiro atoms. The van der Waals surface area contributed by atoms with Crippen molar-refractivity contribution < 1.29 is 23.3 Å². The van der Waals surface area contributed by atoms with Crippen molar-refractivity contribution >= 4 is 39.9 Å². The lowest BCUT2D eigenvalue weighted by Crippen LogP contribution is -2.48. The van der Waals surface area contributed by atoms with E-state index in [9.17, 15) is 14.1 Å². The molecule has 4 aromatic rings. The molecule has 5 rings (SSSR count). The van der Waals surface area contributed by atoms with Crippen LogP contribution in [0.3, 0.4) is 0 Å². The van der Waals surface area contributed by atoms with Gasteiger partial charge in [0.15, 0.2) is 4.90 Å². The molecule has 1 aliphatic heterocycles. The third-order valence-corrected chi connectivity index (χ3v) is 9.14. The van der Waals surface area contributed by atoms with E-state index in [1.165, 1.54) is 5.56 Å². The zero-order valence-electron chi connectivity index (χ0n) is 24.4. The van der Waals surface area contributed by atoms with Crippen LogP contribution >= 0.6 is 0 Å². The van der Waals surface area contributed by atoms with Crippen LogP contribution < -0.4 is 4.90 Å². The molecule has 1 fully saturated rings. The van der Waals surface area contributed by atoms with Crippen LogP contribution in [0, 0.1) is 6.92 Å². The molecule has 42 heavy (non-hydrogen) atoms. The third-order valence-electron chi connectivity index (χ3n) is 7.70. The number of rotatable bonds is 10. The Morgan fingerprint density at radius 3 is 2.43 bits per heavy atom. The van der Waals surface area contributed by atoms with Crippen molar-refractivity contribution in [1.29, 1.82) is 0 Å². The molecule has 0 bridgehead atoms. The zero-order valence-corrected chi connectivity index (χ0v) is 25.2. The highest BCUT2D eigenvalue weighted by Gasteiger charge is 2.28. The summed E-state index contributed by atoms with van der Waals surface area (Å²) in [5, 5.41) is 0.746. The van der Waals surface area contributed by atoms with Gasteiger partial charge in [-0.05, 0) is 49.6 Å². The molecule has 1 unspecified atom stereocenters.